The van der Waals surface area contributed by atoms with Gasteiger partial charge in [0.1, 0.15) is 11.6 Å². The van der Waals surface area contributed by atoms with E-state index in [4.69, 9.17) is 97.9 Å². The Kier molecular flexibility index (Phi) is 43.7. The van der Waals surface area contributed by atoms with Crippen LogP contribution in [0.3, 0.4) is 0 Å². The highest BCUT2D eigenvalue weighted by atomic mass is 35.5. The van der Waals surface area contributed by atoms with Gasteiger partial charge in [0.15, 0.2) is 0 Å². The first kappa shape index (κ1) is 95.2. The number of ketones is 2. The molecule has 0 aliphatic heterocycles. The summed E-state index contributed by atoms with van der Waals surface area (Å²) in [5.41, 5.74) is 1.37. The molecule has 34 heteroatoms. The predicted molar refractivity (Wildman–Crippen MR) is 378 cm³/mol. The Morgan fingerprint density at radius 1 is 0.250 bits per heavy atom. The van der Waals surface area contributed by atoms with Gasteiger partial charge in [-0.25, -0.2) is 0 Å². The maximum absolute atomic E-state index is 13.3. The number of aliphatic carboxylic acids is 8. The molecule has 2 rings (SSSR count). The molecule has 576 valence electrons. The summed E-state index contributed by atoms with van der Waals surface area (Å²) < 4.78 is 0. The predicted octanol–water partition coefficient (Wildman–Crippen LogP) is 12.4. The van der Waals surface area contributed by atoms with Crippen molar-refractivity contribution in [1.29, 1.82) is 0 Å². The van der Waals surface area contributed by atoms with Crippen LogP contribution in [0.25, 0.3) is 0 Å². The maximum atomic E-state index is 13.3. The largest absolute Gasteiger partial charge is 0.481 e. The highest BCUT2D eigenvalue weighted by molar-refractivity contribution is 6.67. The third-order valence-electron chi connectivity index (χ3n) is 18.5. The van der Waals surface area contributed by atoms with Crippen LogP contribution in [0.1, 0.15) is 166 Å². The Labute approximate surface area is 638 Å². The molecule has 0 saturated heterocycles. The van der Waals surface area contributed by atoms with Crippen LogP contribution in [0.4, 0.5) is 0 Å². The molecule has 0 radical (unpaired) electrons. The van der Waals surface area contributed by atoms with E-state index in [0.29, 0.717) is 18.4 Å². The third kappa shape index (κ3) is 34.2. The molecule has 0 heterocycles. The summed E-state index contributed by atoms with van der Waals surface area (Å²) in [5.74, 6) is -36.6. The van der Waals surface area contributed by atoms with E-state index in [-0.39, 0.29) is 44.3 Å². The standard InChI is InChI=1S/C35H38Cl8O9.C35H46O17/c1-3-26(18-7-5-4-6-8-18)27(44)16-25(35(43)52)15-24(34(42)51)14-23(33(41)50)13-22(32(40)49)12-21(31(39)48)11-20(30(38)47)10-19(29(37)46)9-17(2)28(36)45;1-3-26(18-7-5-4-6-8-18)27(36)16-25(35(51)52)15-24(34(49)50)14-23(33(47)48)13-22(32(45)46)12-21(31(43)44)11-20(30(41)42)10-19(29(39)40)9-17(2)28(37)38/h4-8,17,19-26H,3,9-16H2,1-2H3;4-8,17,19-26H,3,9-16H2,1-2H3,(H,37,38)(H,39,40)(H,41,42)(H,43,44)(H,45,46)(H,47,48)(H,49,50)(H,51,52). The highest BCUT2D eigenvalue weighted by Gasteiger charge is 2.42. The van der Waals surface area contributed by atoms with Crippen molar-refractivity contribution in [1.82, 2.24) is 0 Å². The number of carbonyl (C=O) groups is 18. The van der Waals surface area contributed by atoms with E-state index in [0.717, 1.165) is 5.56 Å². The number of Topliss-reactive ketones (excluding diaryl/α,β-unsaturated/α-hetero) is 2. The van der Waals surface area contributed by atoms with E-state index in [2.05, 4.69) is 0 Å². The summed E-state index contributed by atoms with van der Waals surface area (Å²) in [6.07, 6.45) is -7.36. The Hall–Kier alpha value is -6.78. The van der Waals surface area contributed by atoms with E-state index in [1.54, 1.807) is 67.6 Å². The molecule has 0 amide bonds. The maximum Gasteiger partial charge on any atom is 0.306 e. The summed E-state index contributed by atoms with van der Waals surface area (Å²) >= 11 is 46.4. The molecule has 18 atom stereocenters. The van der Waals surface area contributed by atoms with Gasteiger partial charge in [-0.3, -0.25) is 86.3 Å². The molecule has 104 heavy (non-hydrogen) atoms. The number of halogens is 8. The van der Waals surface area contributed by atoms with E-state index in [1.807, 2.05) is 6.92 Å². The van der Waals surface area contributed by atoms with Gasteiger partial charge in [0.25, 0.3) is 0 Å². The molecule has 8 N–H and O–H groups in total. The van der Waals surface area contributed by atoms with Crippen LogP contribution in [0.5, 0.6) is 0 Å². The zero-order valence-corrected chi connectivity index (χ0v) is 62.9. The molecule has 26 nitrogen and oxygen atoms in total. The number of rotatable bonds is 54. The van der Waals surface area contributed by atoms with Crippen molar-refractivity contribution in [2.75, 3.05) is 0 Å². The monoisotopic (exact) mass is 1620 g/mol. The summed E-state index contributed by atoms with van der Waals surface area (Å²) in [6.45, 7) is 6.19. The van der Waals surface area contributed by atoms with Crippen LogP contribution >= 0.6 is 92.8 Å². The second kappa shape index (κ2) is 47.7. The SMILES string of the molecule is CCC(C(=O)CC(CC(CC(CC(CC(CC(CC(CC(C)C(=O)Cl)C(=O)Cl)C(=O)Cl)C(=O)Cl)C(=O)Cl)C(=O)Cl)C(=O)Cl)C(=O)Cl)c1ccccc1.CCC(C(=O)CC(CC(CC(CC(CC(CC(CC(CC(C)C(=O)O)C(=O)O)C(=O)O)C(=O)O)C(=O)O)C(=O)O)C(=O)O)C(=O)O)c1ccccc1. The average molecular weight is 1630 g/mol. The van der Waals surface area contributed by atoms with Crippen LogP contribution in [0.15, 0.2) is 60.7 Å². The van der Waals surface area contributed by atoms with E-state index < -0.39 is 266 Å². The summed E-state index contributed by atoms with van der Waals surface area (Å²) in [4.78, 5) is 221. The van der Waals surface area contributed by atoms with Crippen LogP contribution in [-0.4, -0.2) is 142 Å². The molecule has 0 bridgehead atoms. The molecule has 18 unspecified atom stereocenters. The Morgan fingerprint density at radius 3 is 0.654 bits per heavy atom. The van der Waals surface area contributed by atoms with Gasteiger partial charge >= 0.3 is 47.8 Å². The molecule has 0 saturated carbocycles. The van der Waals surface area contributed by atoms with E-state index in [9.17, 15) is 122 Å². The smallest absolute Gasteiger partial charge is 0.306 e. The second-order valence-electron chi connectivity index (χ2n) is 26.1. The highest BCUT2D eigenvalue weighted by Crippen LogP contribution is 2.39. The van der Waals surface area contributed by atoms with Crippen molar-refractivity contribution in [3.05, 3.63) is 71.8 Å². The topological polar surface area (TPSA) is 469 Å². The van der Waals surface area contributed by atoms with Crippen LogP contribution < -0.4 is 0 Å². The fourth-order valence-electron chi connectivity index (χ4n) is 12.6. The molecule has 0 aromatic heterocycles. The second-order valence-corrected chi connectivity index (χ2v) is 29.1. The van der Waals surface area contributed by atoms with Gasteiger partial charge in [0, 0.05) is 72.0 Å². The quantitative estimate of drug-likeness (QED) is 0.0285. The molecular formula is C70H84Cl8O26. The molecule has 0 aliphatic carbocycles. The minimum Gasteiger partial charge on any atom is -0.481 e. The fourth-order valence-corrected chi connectivity index (χ4v) is 13.9. The lowest BCUT2D eigenvalue weighted by molar-refractivity contribution is -0.151. The van der Waals surface area contributed by atoms with Crippen LogP contribution in [-0.2, 0) is 86.3 Å². The number of carboxylic acid groups (broad SMARTS) is 8. The van der Waals surface area contributed by atoms with Gasteiger partial charge in [-0.2, -0.15) is 0 Å². The minimum absolute atomic E-state index is 0.107. The van der Waals surface area contributed by atoms with Crippen molar-refractivity contribution in [2.45, 2.75) is 155 Å². The van der Waals surface area contributed by atoms with Gasteiger partial charge in [-0.1, -0.05) is 88.4 Å². The van der Waals surface area contributed by atoms with Gasteiger partial charge in [-0.15, -0.1) is 0 Å². The van der Waals surface area contributed by atoms with Crippen molar-refractivity contribution in [3.63, 3.8) is 0 Å². The Balaban J connectivity index is 0.00000104. The van der Waals surface area contributed by atoms with Crippen molar-refractivity contribution < 1.29 is 127 Å². The van der Waals surface area contributed by atoms with Crippen molar-refractivity contribution in [3.8, 4) is 0 Å². The number of hydrogen-bond donors (Lipinski definition) is 8. The minimum atomic E-state index is -1.78. The summed E-state index contributed by atoms with van der Waals surface area (Å²) in [6, 6.07) is 17.4. The van der Waals surface area contributed by atoms with Crippen LogP contribution in [0, 0.1) is 94.7 Å². The van der Waals surface area contributed by atoms with Gasteiger partial charge < -0.3 is 40.9 Å². The molecule has 2 aromatic rings. The fraction of sp³-hybridized carbons (Fsp3) is 0.571. The van der Waals surface area contributed by atoms with Gasteiger partial charge in [0.2, 0.25) is 41.9 Å². The molecule has 0 aliphatic rings. The van der Waals surface area contributed by atoms with E-state index >= 15 is 0 Å². The third-order valence-corrected chi connectivity index (χ3v) is 21.0. The summed E-state index contributed by atoms with van der Waals surface area (Å²) in [5, 5.41) is 70.5. The zero-order chi connectivity index (χ0) is 79.7. The molecule has 0 fully saturated rings. The lowest BCUT2D eigenvalue weighted by Gasteiger charge is -2.27. The number of carbonyl (C=O) groups excluding carboxylic acids is 10. The first-order chi connectivity index (χ1) is 48.4. The van der Waals surface area contributed by atoms with Crippen molar-refractivity contribution >= 4 is 194 Å². The lowest BCUT2D eigenvalue weighted by atomic mass is 9.77. The first-order valence-electron chi connectivity index (χ1n) is 32.9. The first-order valence-corrected chi connectivity index (χ1v) is 35.9. The Morgan fingerprint density at radius 2 is 0.442 bits per heavy atom. The molecule has 0 spiro atoms. The zero-order valence-electron chi connectivity index (χ0n) is 56.8. The lowest BCUT2D eigenvalue weighted by Crippen LogP contribution is -2.33. The molecular weight excluding hydrogens is 1540 g/mol. The Bertz CT molecular complexity index is 3150. The number of hydrogen-bond acceptors (Lipinski definition) is 18. The normalized spacial score (nSPS) is 16.5. The number of carboxylic acids is 8. The van der Waals surface area contributed by atoms with Crippen molar-refractivity contribution in [2.24, 2.45) is 94.7 Å². The molecule has 2 aromatic carbocycles. The van der Waals surface area contributed by atoms with Crippen LogP contribution in [0.2, 0.25) is 0 Å². The average Bonchev–Trinajstić information content (AvgIpc) is 0.870. The number of benzene rings is 2. The van der Waals surface area contributed by atoms with Gasteiger partial charge in [0.05, 0.1) is 47.3 Å². The van der Waals surface area contributed by atoms with E-state index in [1.165, 1.54) is 13.8 Å². The summed E-state index contributed by atoms with van der Waals surface area (Å²) in [7, 11) is 0. The van der Waals surface area contributed by atoms with Gasteiger partial charge in [-0.05, 0) is 207 Å².